The van der Waals surface area contributed by atoms with E-state index in [1.807, 2.05) is 30.3 Å². The zero-order chi connectivity index (χ0) is 40.5. The summed E-state index contributed by atoms with van der Waals surface area (Å²) >= 11 is 0. The maximum Gasteiger partial charge on any atom is 0.315 e. The van der Waals surface area contributed by atoms with E-state index in [9.17, 15) is 14.3 Å². The Hall–Kier alpha value is -2.28. The Morgan fingerprint density at radius 2 is 1.65 bits per heavy atom. The molecule has 5 fully saturated rings. The number of hydrogen-bond donors (Lipinski definition) is 2. The van der Waals surface area contributed by atoms with Gasteiger partial charge in [-0.05, 0) is 178 Å². The molecule has 57 heavy (non-hydrogen) atoms. The van der Waals surface area contributed by atoms with Crippen LogP contribution in [0, 0.1) is 56.7 Å². The van der Waals surface area contributed by atoms with Crippen LogP contribution < -0.4 is 5.32 Å². The summed E-state index contributed by atoms with van der Waals surface area (Å²) in [6.07, 6.45) is 19.9. The number of ether oxygens (including phenoxy) is 2. The third kappa shape index (κ3) is 6.68. The molecule has 1 unspecified atom stereocenters. The van der Waals surface area contributed by atoms with Crippen molar-refractivity contribution in [1.82, 2.24) is 5.32 Å². The summed E-state index contributed by atoms with van der Waals surface area (Å²) in [7, 11) is 0. The summed E-state index contributed by atoms with van der Waals surface area (Å²) in [5, 5.41) is 15.6. The zero-order valence-corrected chi connectivity index (χ0v) is 36.3. The van der Waals surface area contributed by atoms with Gasteiger partial charge in [-0.2, -0.15) is 0 Å². The largest absolute Gasteiger partial charge is 0.460 e. The maximum absolute atomic E-state index is 14.8. The molecule has 6 heteroatoms. The predicted octanol–water partition coefficient (Wildman–Crippen LogP) is 11.3. The van der Waals surface area contributed by atoms with Crippen molar-refractivity contribution in [3.63, 3.8) is 0 Å². The zero-order valence-electron chi connectivity index (χ0n) is 36.3. The van der Waals surface area contributed by atoms with Gasteiger partial charge in [-0.15, -0.1) is 0 Å². The minimum absolute atomic E-state index is 0.00187. The van der Waals surface area contributed by atoms with Crippen molar-refractivity contribution >= 4 is 5.97 Å². The SMILES string of the molecule is C=C(C)C1CC[C@]2(NCCC3(O)CCOCC3)CC[C@]3(C)[C@H](CC[C@@H]4[C@@]5(C)CC=C(C6=CC[C@](CF)(C(=O)OCc7ccccc7)CC6)C(C)(C)[C@@H]5CC[C@]43C)[C@@H]12. The van der Waals surface area contributed by atoms with Crippen LogP contribution >= 0.6 is 0 Å². The summed E-state index contributed by atoms with van der Waals surface area (Å²) < 4.78 is 26.1. The maximum atomic E-state index is 14.8. The molecule has 7 aliphatic rings. The van der Waals surface area contributed by atoms with Crippen LogP contribution in [0.15, 0.2) is 65.8 Å². The summed E-state index contributed by atoms with van der Waals surface area (Å²) in [4.78, 5) is 13.4. The molecule has 0 radical (unpaired) electrons. The molecular weight excluding hydrogens is 710 g/mol. The fourth-order valence-corrected chi connectivity index (χ4v) is 15.5. The molecule has 10 atom stereocenters. The van der Waals surface area contributed by atoms with E-state index in [0.717, 1.165) is 44.2 Å². The van der Waals surface area contributed by atoms with Gasteiger partial charge < -0.3 is 19.9 Å². The summed E-state index contributed by atoms with van der Waals surface area (Å²) in [6, 6.07) is 9.69. The molecular formula is C51H74FNO4. The Kier molecular flexibility index (Phi) is 10.9. The van der Waals surface area contributed by atoms with Crippen molar-refractivity contribution in [2.24, 2.45) is 56.7 Å². The van der Waals surface area contributed by atoms with Crippen LogP contribution in [-0.4, -0.2) is 48.6 Å². The number of halogens is 1. The van der Waals surface area contributed by atoms with Crippen LogP contribution in [-0.2, 0) is 20.9 Å². The summed E-state index contributed by atoms with van der Waals surface area (Å²) in [5.41, 5.74) is 4.27. The van der Waals surface area contributed by atoms with Gasteiger partial charge in [0.2, 0.25) is 0 Å². The molecule has 0 spiro atoms. The number of hydrogen-bond acceptors (Lipinski definition) is 5. The molecule has 2 N–H and O–H groups in total. The number of carbonyl (C=O) groups is 1. The fourth-order valence-electron chi connectivity index (χ4n) is 15.5. The molecule has 0 aromatic heterocycles. The van der Waals surface area contributed by atoms with E-state index in [1.165, 1.54) is 68.1 Å². The number of nitrogens with one attached hydrogen (secondary N) is 1. The second-order valence-corrected chi connectivity index (χ2v) is 21.8. The number of aliphatic hydroxyl groups is 1. The lowest BCUT2D eigenvalue weighted by molar-refractivity contribution is -0.221. The van der Waals surface area contributed by atoms with Gasteiger partial charge in [-0.3, -0.25) is 4.79 Å². The molecule has 1 heterocycles. The smallest absolute Gasteiger partial charge is 0.315 e. The standard InChI is InChI=1S/C51H74FNO4/c1-35(2)38-17-24-51(53-30-27-50(55)28-31-56-32-29-50)26-25-47(6)40(43(38)51)13-14-42-46(5)20-18-39(45(3,4)41(46)19-21-48(42,47)7)37-15-22-49(34-52,23-16-37)44(54)57-33-36-11-9-8-10-12-36/h8-12,15,18,38,40-43,53,55H,1,13-14,16-17,19-34H2,2-7H3/t38?,40-,41+,42-,43-,46+,47-,48-,49+,51+/m1/s1. The van der Waals surface area contributed by atoms with Crippen molar-refractivity contribution in [3.8, 4) is 0 Å². The van der Waals surface area contributed by atoms with Crippen molar-refractivity contribution in [2.75, 3.05) is 26.4 Å². The first-order valence-corrected chi connectivity index (χ1v) is 22.9. The number of fused-ring (bicyclic) bond motifs is 7. The number of carbonyl (C=O) groups excluding carboxylic acids is 1. The molecule has 314 valence electrons. The first-order chi connectivity index (χ1) is 27.1. The van der Waals surface area contributed by atoms with Gasteiger partial charge >= 0.3 is 5.97 Å². The molecule has 8 rings (SSSR count). The Labute approximate surface area is 344 Å². The van der Waals surface area contributed by atoms with E-state index in [2.05, 4.69) is 65.6 Å². The topological polar surface area (TPSA) is 67.8 Å². The van der Waals surface area contributed by atoms with E-state index in [1.54, 1.807) is 0 Å². The first-order valence-electron chi connectivity index (χ1n) is 22.9. The Bertz CT molecular complexity index is 1750. The summed E-state index contributed by atoms with van der Waals surface area (Å²) in [6.45, 7) is 21.7. The first kappa shape index (κ1) is 41.5. The third-order valence-electron chi connectivity index (χ3n) is 19.0. The average molecular weight is 784 g/mol. The van der Waals surface area contributed by atoms with Crippen LogP contribution in [0.4, 0.5) is 4.39 Å². The molecule has 1 aromatic rings. The van der Waals surface area contributed by atoms with Crippen molar-refractivity contribution in [3.05, 3.63) is 71.3 Å². The minimum Gasteiger partial charge on any atom is -0.460 e. The number of alkyl halides is 1. The number of benzene rings is 1. The lowest BCUT2D eigenvalue weighted by Crippen LogP contribution is -2.68. The second kappa shape index (κ2) is 15.0. The number of allylic oxidation sites excluding steroid dienone is 5. The molecule has 1 saturated heterocycles. The van der Waals surface area contributed by atoms with Gasteiger partial charge in [-0.1, -0.05) is 89.3 Å². The lowest BCUT2D eigenvalue weighted by atomic mass is 9.33. The Morgan fingerprint density at radius 3 is 2.33 bits per heavy atom. The van der Waals surface area contributed by atoms with Gasteiger partial charge in [0.1, 0.15) is 13.3 Å². The molecule has 5 nitrogen and oxygen atoms in total. The van der Waals surface area contributed by atoms with Gasteiger partial charge in [0.05, 0.1) is 11.0 Å². The summed E-state index contributed by atoms with van der Waals surface area (Å²) in [5.74, 6) is 2.66. The van der Waals surface area contributed by atoms with Crippen molar-refractivity contribution in [1.29, 1.82) is 0 Å². The minimum atomic E-state index is -1.09. The highest BCUT2D eigenvalue weighted by atomic mass is 19.1. The lowest BCUT2D eigenvalue weighted by Gasteiger charge is -2.72. The van der Waals surface area contributed by atoms with Gasteiger partial charge in [0, 0.05) is 18.8 Å². The molecule has 0 bridgehead atoms. The van der Waals surface area contributed by atoms with Gasteiger partial charge in [0.25, 0.3) is 0 Å². The highest BCUT2D eigenvalue weighted by Gasteiger charge is 2.70. The number of rotatable bonds is 10. The Balaban J connectivity index is 1.01. The fraction of sp³-hybridized carbons (Fsp3) is 0.745. The van der Waals surface area contributed by atoms with E-state index in [4.69, 9.17) is 9.47 Å². The van der Waals surface area contributed by atoms with Crippen LogP contribution in [0.3, 0.4) is 0 Å². The molecule has 1 aromatic carbocycles. The monoisotopic (exact) mass is 784 g/mol. The molecule has 0 amide bonds. The average Bonchev–Trinajstić information content (AvgIpc) is 3.58. The van der Waals surface area contributed by atoms with Crippen LogP contribution in [0.25, 0.3) is 0 Å². The van der Waals surface area contributed by atoms with E-state index < -0.39 is 23.7 Å². The predicted molar refractivity (Wildman–Crippen MR) is 227 cm³/mol. The highest BCUT2D eigenvalue weighted by Crippen LogP contribution is 2.76. The van der Waals surface area contributed by atoms with Crippen LogP contribution in [0.1, 0.15) is 143 Å². The van der Waals surface area contributed by atoms with Gasteiger partial charge in [-0.25, -0.2) is 4.39 Å². The van der Waals surface area contributed by atoms with Crippen molar-refractivity contribution in [2.45, 2.75) is 156 Å². The van der Waals surface area contributed by atoms with Crippen LogP contribution in [0.5, 0.6) is 0 Å². The van der Waals surface area contributed by atoms with Crippen molar-refractivity contribution < 1.29 is 23.8 Å². The van der Waals surface area contributed by atoms with Gasteiger partial charge in [0.15, 0.2) is 0 Å². The molecule has 6 aliphatic carbocycles. The van der Waals surface area contributed by atoms with E-state index >= 15 is 0 Å². The number of esters is 1. The molecule has 4 saturated carbocycles. The third-order valence-corrected chi connectivity index (χ3v) is 19.0. The normalized spacial score (nSPS) is 42.0. The highest BCUT2D eigenvalue weighted by molar-refractivity contribution is 5.78. The molecule has 1 aliphatic heterocycles. The Morgan fingerprint density at radius 1 is 0.895 bits per heavy atom. The quantitative estimate of drug-likeness (QED) is 0.183. The second-order valence-electron chi connectivity index (χ2n) is 21.8. The van der Waals surface area contributed by atoms with E-state index in [-0.39, 0.29) is 33.8 Å². The van der Waals surface area contributed by atoms with Crippen LogP contribution in [0.2, 0.25) is 0 Å². The van der Waals surface area contributed by atoms with E-state index in [0.29, 0.717) is 55.6 Å².